The Bertz CT molecular complexity index is 636. The Morgan fingerprint density at radius 3 is 2.50 bits per heavy atom. The molecule has 1 aliphatic heterocycles. The maximum absolute atomic E-state index is 9.68. The van der Waals surface area contributed by atoms with Crippen LogP contribution in [0.4, 0.5) is 5.69 Å². The zero-order valence-corrected chi connectivity index (χ0v) is 13.2. The number of ether oxygens (including phenoxy) is 1. The molecular weight excluding hydrogens is 274 g/mol. The van der Waals surface area contributed by atoms with Crippen LogP contribution in [-0.4, -0.2) is 24.3 Å². The number of rotatable bonds is 4. The average Bonchev–Trinajstić information content (AvgIpc) is 2.54. The summed E-state index contributed by atoms with van der Waals surface area (Å²) in [6, 6.07) is 14.1. The minimum Gasteiger partial charge on any atom is -0.508 e. The fourth-order valence-corrected chi connectivity index (χ4v) is 3.00. The number of hydrogen-bond acceptors (Lipinski definition) is 3. The van der Waals surface area contributed by atoms with Crippen molar-refractivity contribution in [1.82, 2.24) is 0 Å². The second-order valence-corrected chi connectivity index (χ2v) is 5.80. The highest BCUT2D eigenvalue weighted by Crippen LogP contribution is 2.36. The van der Waals surface area contributed by atoms with Crippen LogP contribution in [0.3, 0.4) is 0 Å². The van der Waals surface area contributed by atoms with Gasteiger partial charge in [-0.3, -0.25) is 0 Å². The number of anilines is 1. The van der Waals surface area contributed by atoms with E-state index in [0.29, 0.717) is 0 Å². The molecule has 0 fully saturated rings. The highest BCUT2D eigenvalue weighted by Gasteiger charge is 2.25. The molecule has 0 aliphatic carbocycles. The van der Waals surface area contributed by atoms with Crippen LogP contribution < -0.4 is 9.64 Å². The Hall–Kier alpha value is -2.16. The number of fused-ring (bicyclic) bond motifs is 1. The molecule has 3 heteroatoms. The monoisotopic (exact) mass is 297 g/mol. The molecule has 2 aromatic carbocycles. The fourth-order valence-electron chi connectivity index (χ4n) is 3.00. The summed E-state index contributed by atoms with van der Waals surface area (Å²) in [4.78, 5) is 2.31. The van der Waals surface area contributed by atoms with Gasteiger partial charge in [-0.25, -0.2) is 0 Å². The van der Waals surface area contributed by atoms with Gasteiger partial charge in [-0.15, -0.1) is 0 Å². The predicted octanol–water partition coefficient (Wildman–Crippen LogP) is 3.78. The largest absolute Gasteiger partial charge is 0.508 e. The van der Waals surface area contributed by atoms with Crippen LogP contribution >= 0.6 is 0 Å². The third-order valence-electron chi connectivity index (χ3n) is 4.28. The van der Waals surface area contributed by atoms with E-state index in [1.165, 1.54) is 11.1 Å². The first kappa shape index (κ1) is 14.8. The van der Waals surface area contributed by atoms with Crippen molar-refractivity contribution >= 4 is 5.69 Å². The molecule has 0 bridgehead atoms. The van der Waals surface area contributed by atoms with Gasteiger partial charge in [-0.05, 0) is 36.6 Å². The number of benzene rings is 2. The highest BCUT2D eigenvalue weighted by atomic mass is 16.5. The predicted molar refractivity (Wildman–Crippen MR) is 89.9 cm³/mol. The molecule has 0 saturated heterocycles. The highest BCUT2D eigenvalue weighted by molar-refractivity contribution is 5.62. The standard InChI is InChI=1S/C19H23NO2/c1-3-14-5-7-15(8-6-14)11-17-13-20(4-2)18-10-9-16(21)12-19(18)22-17/h5-10,12,17,21H,3-4,11,13H2,1-2H3. The van der Waals surface area contributed by atoms with Crippen molar-refractivity contribution in [2.75, 3.05) is 18.0 Å². The molecular formula is C19H23NO2. The lowest BCUT2D eigenvalue weighted by Gasteiger charge is -2.35. The maximum atomic E-state index is 9.68. The fraction of sp³-hybridized carbons (Fsp3) is 0.368. The van der Waals surface area contributed by atoms with Crippen molar-refractivity contribution in [3.05, 3.63) is 53.6 Å². The summed E-state index contributed by atoms with van der Waals surface area (Å²) in [5.41, 5.74) is 3.72. The summed E-state index contributed by atoms with van der Waals surface area (Å²) in [5, 5.41) is 9.68. The quantitative estimate of drug-likeness (QED) is 0.932. The molecule has 1 aliphatic rings. The van der Waals surface area contributed by atoms with E-state index in [2.05, 4.69) is 43.0 Å². The van der Waals surface area contributed by atoms with Gasteiger partial charge in [-0.2, -0.15) is 0 Å². The Kier molecular flexibility index (Phi) is 4.23. The number of hydrogen-bond donors (Lipinski definition) is 1. The van der Waals surface area contributed by atoms with Crippen LogP contribution in [0.15, 0.2) is 42.5 Å². The SMILES string of the molecule is CCc1ccc(CC2CN(CC)c3ccc(O)cc3O2)cc1. The Morgan fingerprint density at radius 1 is 1.09 bits per heavy atom. The number of phenolic OH excluding ortho intramolecular Hbond substituents is 1. The van der Waals surface area contributed by atoms with E-state index in [9.17, 15) is 5.11 Å². The Labute approximate surface area is 132 Å². The molecule has 0 radical (unpaired) electrons. The lowest BCUT2D eigenvalue weighted by molar-refractivity contribution is 0.193. The molecule has 2 aromatic rings. The molecule has 0 amide bonds. The number of aromatic hydroxyl groups is 1. The Morgan fingerprint density at radius 2 is 1.82 bits per heavy atom. The smallest absolute Gasteiger partial charge is 0.146 e. The first-order chi connectivity index (χ1) is 10.7. The second-order valence-electron chi connectivity index (χ2n) is 5.80. The maximum Gasteiger partial charge on any atom is 0.146 e. The normalized spacial score (nSPS) is 17.0. The molecule has 22 heavy (non-hydrogen) atoms. The van der Waals surface area contributed by atoms with E-state index in [0.717, 1.165) is 37.4 Å². The number of phenols is 1. The molecule has 1 atom stereocenters. The zero-order chi connectivity index (χ0) is 15.5. The molecule has 0 spiro atoms. The number of nitrogens with zero attached hydrogens (tertiary/aromatic N) is 1. The third kappa shape index (κ3) is 3.03. The molecule has 1 N–H and O–H groups in total. The van der Waals surface area contributed by atoms with Crippen molar-refractivity contribution in [3.63, 3.8) is 0 Å². The summed E-state index contributed by atoms with van der Waals surface area (Å²) < 4.78 is 6.10. The van der Waals surface area contributed by atoms with E-state index < -0.39 is 0 Å². The van der Waals surface area contributed by atoms with E-state index in [-0.39, 0.29) is 11.9 Å². The van der Waals surface area contributed by atoms with Gasteiger partial charge < -0.3 is 14.7 Å². The number of likely N-dealkylation sites (N-methyl/N-ethyl adjacent to an activating group) is 1. The molecule has 3 rings (SSSR count). The summed E-state index contributed by atoms with van der Waals surface area (Å²) in [7, 11) is 0. The molecule has 0 aromatic heterocycles. The van der Waals surface area contributed by atoms with E-state index in [1.54, 1.807) is 12.1 Å². The van der Waals surface area contributed by atoms with Crippen LogP contribution in [0.1, 0.15) is 25.0 Å². The van der Waals surface area contributed by atoms with Gasteiger partial charge in [-0.1, -0.05) is 31.2 Å². The first-order valence-corrected chi connectivity index (χ1v) is 8.02. The third-order valence-corrected chi connectivity index (χ3v) is 4.28. The second kappa shape index (κ2) is 6.30. The van der Waals surface area contributed by atoms with Crippen LogP contribution in [0, 0.1) is 0 Å². The van der Waals surface area contributed by atoms with Gasteiger partial charge in [0.2, 0.25) is 0 Å². The van der Waals surface area contributed by atoms with Crippen LogP contribution in [0.5, 0.6) is 11.5 Å². The summed E-state index contributed by atoms with van der Waals surface area (Å²) >= 11 is 0. The van der Waals surface area contributed by atoms with Crippen molar-refractivity contribution in [2.45, 2.75) is 32.8 Å². The van der Waals surface area contributed by atoms with Crippen molar-refractivity contribution in [2.24, 2.45) is 0 Å². The van der Waals surface area contributed by atoms with Crippen LogP contribution in [-0.2, 0) is 12.8 Å². The lowest BCUT2D eigenvalue weighted by Crippen LogP contribution is -2.41. The summed E-state index contributed by atoms with van der Waals surface area (Å²) in [5.74, 6) is 1.03. The van der Waals surface area contributed by atoms with E-state index in [4.69, 9.17) is 4.74 Å². The summed E-state index contributed by atoms with van der Waals surface area (Å²) in [6.45, 7) is 6.13. The topological polar surface area (TPSA) is 32.7 Å². The first-order valence-electron chi connectivity index (χ1n) is 8.02. The van der Waals surface area contributed by atoms with Crippen LogP contribution in [0.25, 0.3) is 0 Å². The van der Waals surface area contributed by atoms with Gasteiger partial charge >= 0.3 is 0 Å². The van der Waals surface area contributed by atoms with Crippen LogP contribution in [0.2, 0.25) is 0 Å². The lowest BCUT2D eigenvalue weighted by atomic mass is 10.0. The minimum atomic E-state index is 0.113. The minimum absolute atomic E-state index is 0.113. The van der Waals surface area contributed by atoms with Gasteiger partial charge in [0, 0.05) is 19.0 Å². The summed E-state index contributed by atoms with van der Waals surface area (Å²) in [6.07, 6.45) is 2.06. The molecule has 1 unspecified atom stereocenters. The van der Waals surface area contributed by atoms with Crippen molar-refractivity contribution < 1.29 is 9.84 Å². The van der Waals surface area contributed by atoms with Gasteiger partial charge in [0.25, 0.3) is 0 Å². The van der Waals surface area contributed by atoms with E-state index >= 15 is 0 Å². The molecule has 0 saturated carbocycles. The van der Waals surface area contributed by atoms with Gasteiger partial charge in [0.05, 0.1) is 12.2 Å². The zero-order valence-electron chi connectivity index (χ0n) is 13.2. The van der Waals surface area contributed by atoms with E-state index in [1.807, 2.05) is 6.07 Å². The van der Waals surface area contributed by atoms with Gasteiger partial charge in [0.15, 0.2) is 0 Å². The van der Waals surface area contributed by atoms with Crippen molar-refractivity contribution in [3.8, 4) is 11.5 Å². The molecule has 1 heterocycles. The molecule has 116 valence electrons. The Balaban J connectivity index is 1.78. The van der Waals surface area contributed by atoms with Gasteiger partial charge in [0.1, 0.15) is 17.6 Å². The average molecular weight is 297 g/mol. The molecule has 3 nitrogen and oxygen atoms in total. The number of aryl methyl sites for hydroxylation is 1. The van der Waals surface area contributed by atoms with Crippen molar-refractivity contribution in [1.29, 1.82) is 0 Å².